The first-order chi connectivity index (χ1) is 9.57. The van der Waals surface area contributed by atoms with Gasteiger partial charge in [-0.2, -0.15) is 0 Å². The van der Waals surface area contributed by atoms with Crippen molar-refractivity contribution in [2.24, 2.45) is 11.3 Å². The third-order valence-corrected chi connectivity index (χ3v) is 5.77. The van der Waals surface area contributed by atoms with E-state index in [9.17, 15) is 5.11 Å². The van der Waals surface area contributed by atoms with E-state index in [1.165, 1.54) is 35.6 Å². The lowest BCUT2D eigenvalue weighted by atomic mass is 9.66. The minimum atomic E-state index is 0.388. The maximum Gasteiger partial charge on any atom is 0.116 e. The molecule has 1 N–H and O–H groups in total. The largest absolute Gasteiger partial charge is 0.508 e. The number of hydrogen-bond acceptors (Lipinski definition) is 1. The number of aryl methyl sites for hydroxylation is 1. The van der Waals surface area contributed by atoms with Gasteiger partial charge in [0.15, 0.2) is 0 Å². The molecule has 0 bridgehead atoms. The number of phenolic OH excluding ortho intramolecular Hbond substituents is 1. The number of hydrogen-bond donors (Lipinski definition) is 1. The van der Waals surface area contributed by atoms with Crippen molar-refractivity contribution in [3.8, 4) is 5.75 Å². The molecule has 0 saturated heterocycles. The molecule has 2 aromatic carbocycles. The summed E-state index contributed by atoms with van der Waals surface area (Å²) < 4.78 is 0. The summed E-state index contributed by atoms with van der Waals surface area (Å²) in [6.45, 7) is 4.88. The van der Waals surface area contributed by atoms with Crippen molar-refractivity contribution in [3.63, 3.8) is 0 Å². The van der Waals surface area contributed by atoms with Gasteiger partial charge in [0.2, 0.25) is 0 Å². The molecular weight excluding hydrogens is 244 g/mol. The maximum absolute atomic E-state index is 9.81. The fraction of sp³-hybridized carbons (Fsp3) is 0.474. The molecule has 2 aliphatic carbocycles. The molecule has 0 radical (unpaired) electrons. The molecule has 2 aliphatic rings. The summed E-state index contributed by atoms with van der Waals surface area (Å²) in [5.74, 6) is 1.95. The van der Waals surface area contributed by atoms with Gasteiger partial charge < -0.3 is 5.11 Å². The molecule has 1 fully saturated rings. The Labute approximate surface area is 120 Å². The van der Waals surface area contributed by atoms with Crippen molar-refractivity contribution in [2.75, 3.05) is 0 Å². The standard InChI is InChI=1S/C19H22O/c1-12-9-18-16-6-4-13-3-5-14(20)10-17(13)15(16)7-8-19(18,2)11-12/h3-6,10,12,18,20H,7-9,11H2,1-2H3/t12-,18-,19+/m0/s1. The van der Waals surface area contributed by atoms with Crippen molar-refractivity contribution in [2.45, 2.75) is 45.4 Å². The Hall–Kier alpha value is -1.50. The predicted octanol–water partition coefficient (Wildman–Crippen LogP) is 5.01. The molecule has 0 amide bonds. The second-order valence-electron chi connectivity index (χ2n) is 7.29. The van der Waals surface area contributed by atoms with Crippen molar-refractivity contribution < 1.29 is 5.11 Å². The summed E-state index contributed by atoms with van der Waals surface area (Å²) in [5, 5.41) is 12.3. The molecule has 2 aromatic rings. The summed E-state index contributed by atoms with van der Waals surface area (Å²) in [4.78, 5) is 0. The van der Waals surface area contributed by atoms with Gasteiger partial charge in [-0.05, 0) is 77.0 Å². The highest BCUT2D eigenvalue weighted by atomic mass is 16.3. The first-order valence-corrected chi connectivity index (χ1v) is 7.81. The quantitative estimate of drug-likeness (QED) is 0.710. The molecule has 1 nitrogen and oxygen atoms in total. The van der Waals surface area contributed by atoms with Crippen LogP contribution >= 0.6 is 0 Å². The van der Waals surface area contributed by atoms with Gasteiger partial charge in [0.25, 0.3) is 0 Å². The minimum absolute atomic E-state index is 0.388. The molecule has 104 valence electrons. The monoisotopic (exact) mass is 266 g/mol. The van der Waals surface area contributed by atoms with E-state index >= 15 is 0 Å². The van der Waals surface area contributed by atoms with Gasteiger partial charge in [0, 0.05) is 0 Å². The van der Waals surface area contributed by atoms with Gasteiger partial charge in [0.1, 0.15) is 5.75 Å². The molecule has 3 atom stereocenters. The molecule has 4 rings (SSSR count). The molecule has 0 heterocycles. The average Bonchev–Trinajstić information content (AvgIpc) is 2.72. The molecular formula is C19H22O. The highest BCUT2D eigenvalue weighted by Gasteiger charge is 2.45. The topological polar surface area (TPSA) is 20.2 Å². The van der Waals surface area contributed by atoms with Crippen LogP contribution in [0.25, 0.3) is 10.8 Å². The van der Waals surface area contributed by atoms with Crippen LogP contribution in [0.15, 0.2) is 30.3 Å². The first-order valence-electron chi connectivity index (χ1n) is 7.81. The van der Waals surface area contributed by atoms with Gasteiger partial charge in [-0.3, -0.25) is 0 Å². The Morgan fingerprint density at radius 1 is 1.20 bits per heavy atom. The van der Waals surface area contributed by atoms with E-state index in [-0.39, 0.29) is 0 Å². The van der Waals surface area contributed by atoms with Crippen LogP contribution in [0.5, 0.6) is 5.75 Å². The van der Waals surface area contributed by atoms with Crippen LogP contribution in [0.4, 0.5) is 0 Å². The third kappa shape index (κ3) is 1.62. The Balaban J connectivity index is 1.94. The number of fused-ring (bicyclic) bond motifs is 5. The second kappa shape index (κ2) is 4.00. The Kier molecular flexibility index (Phi) is 2.45. The van der Waals surface area contributed by atoms with Gasteiger partial charge in [-0.25, -0.2) is 0 Å². The van der Waals surface area contributed by atoms with Crippen LogP contribution in [-0.2, 0) is 6.42 Å². The van der Waals surface area contributed by atoms with Gasteiger partial charge in [-0.15, -0.1) is 0 Å². The number of phenols is 1. The van der Waals surface area contributed by atoms with Crippen molar-refractivity contribution in [1.29, 1.82) is 0 Å². The smallest absolute Gasteiger partial charge is 0.116 e. The summed E-state index contributed by atoms with van der Waals surface area (Å²) in [6.07, 6.45) is 5.16. The number of aromatic hydroxyl groups is 1. The van der Waals surface area contributed by atoms with Crippen LogP contribution < -0.4 is 0 Å². The van der Waals surface area contributed by atoms with Crippen molar-refractivity contribution >= 4 is 10.8 Å². The lowest BCUT2D eigenvalue weighted by Gasteiger charge is -2.38. The van der Waals surface area contributed by atoms with Gasteiger partial charge in [-0.1, -0.05) is 32.0 Å². The zero-order valence-electron chi connectivity index (χ0n) is 12.3. The van der Waals surface area contributed by atoms with Gasteiger partial charge >= 0.3 is 0 Å². The Bertz CT molecular complexity index is 687. The molecule has 1 heteroatoms. The SMILES string of the molecule is C[C@H]1C[C@H]2c3ccc4ccc(O)cc4c3CC[C@]2(C)C1. The lowest BCUT2D eigenvalue weighted by Crippen LogP contribution is -2.26. The summed E-state index contributed by atoms with van der Waals surface area (Å²) in [5.41, 5.74) is 3.55. The molecule has 20 heavy (non-hydrogen) atoms. The second-order valence-corrected chi connectivity index (χ2v) is 7.29. The van der Waals surface area contributed by atoms with Gasteiger partial charge in [0.05, 0.1) is 0 Å². The zero-order valence-corrected chi connectivity index (χ0v) is 12.3. The number of benzene rings is 2. The van der Waals surface area contributed by atoms with E-state index in [2.05, 4.69) is 26.0 Å². The van der Waals surface area contributed by atoms with E-state index in [0.717, 1.165) is 12.3 Å². The van der Waals surface area contributed by atoms with Crippen LogP contribution in [0.2, 0.25) is 0 Å². The van der Waals surface area contributed by atoms with E-state index in [1.807, 2.05) is 12.1 Å². The van der Waals surface area contributed by atoms with E-state index < -0.39 is 0 Å². The zero-order chi connectivity index (χ0) is 13.9. The van der Waals surface area contributed by atoms with Crippen LogP contribution in [0, 0.1) is 11.3 Å². The summed E-state index contributed by atoms with van der Waals surface area (Å²) >= 11 is 0. The summed E-state index contributed by atoms with van der Waals surface area (Å²) in [6, 6.07) is 10.4. The Morgan fingerprint density at radius 2 is 2.00 bits per heavy atom. The molecule has 0 unspecified atom stereocenters. The van der Waals surface area contributed by atoms with E-state index in [1.54, 1.807) is 11.6 Å². The van der Waals surface area contributed by atoms with E-state index in [4.69, 9.17) is 0 Å². The molecule has 0 spiro atoms. The summed E-state index contributed by atoms with van der Waals surface area (Å²) in [7, 11) is 0. The normalized spacial score (nSPS) is 32.1. The highest BCUT2D eigenvalue weighted by molar-refractivity contribution is 5.88. The molecule has 1 saturated carbocycles. The first kappa shape index (κ1) is 12.3. The van der Waals surface area contributed by atoms with Crippen LogP contribution in [0.3, 0.4) is 0 Å². The van der Waals surface area contributed by atoms with Crippen LogP contribution in [0.1, 0.15) is 50.2 Å². The van der Waals surface area contributed by atoms with Crippen molar-refractivity contribution in [1.82, 2.24) is 0 Å². The molecule has 0 aromatic heterocycles. The Morgan fingerprint density at radius 3 is 2.85 bits per heavy atom. The fourth-order valence-electron chi connectivity index (χ4n) is 4.89. The fourth-order valence-corrected chi connectivity index (χ4v) is 4.89. The van der Waals surface area contributed by atoms with Crippen LogP contribution in [-0.4, -0.2) is 5.11 Å². The maximum atomic E-state index is 9.81. The van der Waals surface area contributed by atoms with E-state index in [0.29, 0.717) is 17.1 Å². The average molecular weight is 266 g/mol. The minimum Gasteiger partial charge on any atom is -0.508 e. The highest BCUT2D eigenvalue weighted by Crippen LogP contribution is 2.58. The lowest BCUT2D eigenvalue weighted by molar-refractivity contribution is 0.248. The number of rotatable bonds is 0. The van der Waals surface area contributed by atoms with Crippen molar-refractivity contribution in [3.05, 3.63) is 41.5 Å². The predicted molar refractivity (Wildman–Crippen MR) is 83.2 cm³/mol. The third-order valence-electron chi connectivity index (χ3n) is 5.77. The molecule has 0 aliphatic heterocycles.